The molecule has 2 rings (SSSR count). The lowest BCUT2D eigenvalue weighted by Gasteiger charge is -2.10. The zero-order valence-corrected chi connectivity index (χ0v) is 11.9. The fourth-order valence-corrected chi connectivity index (χ4v) is 2.14. The first-order chi connectivity index (χ1) is 10.2. The molecule has 0 amide bonds. The van der Waals surface area contributed by atoms with Crippen molar-refractivity contribution in [3.8, 4) is 6.07 Å². The summed E-state index contributed by atoms with van der Waals surface area (Å²) in [7, 11) is 1.67. The third-order valence-corrected chi connectivity index (χ3v) is 3.21. The van der Waals surface area contributed by atoms with Gasteiger partial charge in [-0.05, 0) is 28.8 Å². The fourth-order valence-electron chi connectivity index (χ4n) is 2.14. The Bertz CT molecular complexity index is 649. The summed E-state index contributed by atoms with van der Waals surface area (Å²) >= 11 is 0. The van der Waals surface area contributed by atoms with Gasteiger partial charge in [-0.25, -0.2) is 4.39 Å². The van der Waals surface area contributed by atoms with Crippen LogP contribution in [-0.2, 0) is 24.4 Å². The first kappa shape index (κ1) is 15.2. The largest absolute Gasteiger partial charge is 0.380 e. The Morgan fingerprint density at radius 2 is 1.90 bits per heavy atom. The highest BCUT2D eigenvalue weighted by atomic mass is 19.1. The molecule has 0 aromatic heterocycles. The molecule has 0 fully saturated rings. The van der Waals surface area contributed by atoms with Gasteiger partial charge in [0.1, 0.15) is 11.9 Å². The maximum atomic E-state index is 13.2. The molecular formula is C17H17FN2O. The molecule has 1 N–H and O–H groups in total. The van der Waals surface area contributed by atoms with Crippen LogP contribution in [0.3, 0.4) is 0 Å². The van der Waals surface area contributed by atoms with Crippen molar-refractivity contribution in [3.63, 3.8) is 0 Å². The van der Waals surface area contributed by atoms with E-state index < -0.39 is 5.82 Å². The summed E-state index contributed by atoms with van der Waals surface area (Å²) in [6, 6.07) is 14.5. The highest BCUT2D eigenvalue weighted by Crippen LogP contribution is 2.12. The van der Waals surface area contributed by atoms with Gasteiger partial charge in [0.25, 0.3) is 0 Å². The van der Waals surface area contributed by atoms with Crippen LogP contribution in [0.25, 0.3) is 0 Å². The van der Waals surface area contributed by atoms with Crippen molar-refractivity contribution in [1.82, 2.24) is 5.32 Å². The Kier molecular flexibility index (Phi) is 5.44. The number of benzene rings is 2. The molecule has 0 aliphatic carbocycles. The number of nitrogens with one attached hydrogen (secondary N) is 1. The van der Waals surface area contributed by atoms with Gasteiger partial charge in [0.15, 0.2) is 0 Å². The van der Waals surface area contributed by atoms with E-state index in [1.165, 1.54) is 11.6 Å². The molecule has 2 aromatic carbocycles. The summed E-state index contributed by atoms with van der Waals surface area (Å²) in [4.78, 5) is 0. The molecule has 21 heavy (non-hydrogen) atoms. The molecule has 3 nitrogen and oxygen atoms in total. The van der Waals surface area contributed by atoms with Gasteiger partial charge in [-0.1, -0.05) is 30.3 Å². The number of rotatable bonds is 6. The smallest absolute Gasteiger partial charge is 0.140 e. The molecule has 0 unspecified atom stereocenters. The van der Waals surface area contributed by atoms with E-state index in [0.717, 1.165) is 11.1 Å². The van der Waals surface area contributed by atoms with Crippen LogP contribution >= 0.6 is 0 Å². The summed E-state index contributed by atoms with van der Waals surface area (Å²) in [5.74, 6) is -0.480. The highest BCUT2D eigenvalue weighted by molar-refractivity contribution is 5.34. The predicted molar refractivity (Wildman–Crippen MR) is 78.8 cm³/mol. The molecule has 4 heteroatoms. The lowest BCUT2D eigenvalue weighted by atomic mass is 10.1. The molecule has 2 aromatic rings. The Labute approximate surface area is 124 Å². The Hall–Kier alpha value is -2.22. The second-order valence-corrected chi connectivity index (χ2v) is 4.73. The topological polar surface area (TPSA) is 45.0 Å². The van der Waals surface area contributed by atoms with Crippen LogP contribution < -0.4 is 5.32 Å². The van der Waals surface area contributed by atoms with Crippen molar-refractivity contribution in [1.29, 1.82) is 5.26 Å². The van der Waals surface area contributed by atoms with E-state index in [4.69, 9.17) is 10.00 Å². The maximum Gasteiger partial charge on any atom is 0.140 e. The number of hydrogen-bond donors (Lipinski definition) is 1. The lowest BCUT2D eigenvalue weighted by Crippen LogP contribution is -2.14. The molecule has 0 radical (unpaired) electrons. The van der Waals surface area contributed by atoms with Gasteiger partial charge < -0.3 is 10.1 Å². The summed E-state index contributed by atoms with van der Waals surface area (Å²) in [5.41, 5.74) is 3.28. The van der Waals surface area contributed by atoms with Crippen LogP contribution in [0.4, 0.5) is 4.39 Å². The van der Waals surface area contributed by atoms with E-state index >= 15 is 0 Å². The van der Waals surface area contributed by atoms with Crippen LogP contribution in [0, 0.1) is 17.1 Å². The third kappa shape index (κ3) is 4.12. The summed E-state index contributed by atoms with van der Waals surface area (Å²) in [6.45, 7) is 1.85. The van der Waals surface area contributed by atoms with E-state index in [1.807, 2.05) is 30.3 Å². The van der Waals surface area contributed by atoms with Crippen molar-refractivity contribution in [2.75, 3.05) is 7.11 Å². The number of methoxy groups -OCH3 is 1. The van der Waals surface area contributed by atoms with Crippen molar-refractivity contribution in [3.05, 3.63) is 70.5 Å². The number of nitriles is 1. The molecule has 0 aliphatic heterocycles. The number of ether oxygens (including phenoxy) is 1. The first-order valence-corrected chi connectivity index (χ1v) is 6.69. The maximum absolute atomic E-state index is 13.2. The molecule has 0 spiro atoms. The Morgan fingerprint density at radius 1 is 1.14 bits per heavy atom. The predicted octanol–water partition coefficient (Wildman–Crippen LogP) is 3.13. The van der Waals surface area contributed by atoms with Crippen molar-refractivity contribution >= 4 is 0 Å². The van der Waals surface area contributed by atoms with Crippen LogP contribution in [-0.4, -0.2) is 7.11 Å². The van der Waals surface area contributed by atoms with Gasteiger partial charge in [-0.3, -0.25) is 0 Å². The summed E-state index contributed by atoms with van der Waals surface area (Å²) in [5, 5.41) is 12.1. The van der Waals surface area contributed by atoms with Gasteiger partial charge in [0, 0.05) is 20.2 Å². The lowest BCUT2D eigenvalue weighted by molar-refractivity contribution is 0.184. The Morgan fingerprint density at radius 3 is 2.62 bits per heavy atom. The van der Waals surface area contributed by atoms with Crippen LogP contribution in [0.1, 0.15) is 22.3 Å². The van der Waals surface area contributed by atoms with Crippen molar-refractivity contribution in [2.45, 2.75) is 19.7 Å². The molecule has 0 saturated heterocycles. The van der Waals surface area contributed by atoms with Crippen LogP contribution in [0.5, 0.6) is 0 Å². The third-order valence-electron chi connectivity index (χ3n) is 3.21. The standard InChI is InChI=1S/C17H17FN2O/c1-21-12-15-5-3-2-4-14(15)11-20-10-13-6-7-17(18)16(8-13)9-19/h2-8,20H,10-12H2,1H3. The fraction of sp³-hybridized carbons (Fsp3) is 0.235. The summed E-state index contributed by atoms with van der Waals surface area (Å²) < 4.78 is 18.4. The van der Waals surface area contributed by atoms with Crippen LogP contribution in [0.2, 0.25) is 0 Å². The van der Waals surface area contributed by atoms with Gasteiger partial charge >= 0.3 is 0 Å². The van der Waals surface area contributed by atoms with E-state index in [-0.39, 0.29) is 5.56 Å². The molecule has 108 valence electrons. The van der Waals surface area contributed by atoms with E-state index in [0.29, 0.717) is 19.7 Å². The average Bonchev–Trinajstić information content (AvgIpc) is 2.51. The molecule has 0 saturated carbocycles. The van der Waals surface area contributed by atoms with Gasteiger partial charge in [0.2, 0.25) is 0 Å². The van der Waals surface area contributed by atoms with Gasteiger partial charge in [-0.2, -0.15) is 5.26 Å². The highest BCUT2D eigenvalue weighted by Gasteiger charge is 2.04. The second-order valence-electron chi connectivity index (χ2n) is 4.73. The molecule has 0 bridgehead atoms. The number of nitrogens with zero attached hydrogens (tertiary/aromatic N) is 1. The molecule has 0 heterocycles. The van der Waals surface area contributed by atoms with Gasteiger partial charge in [-0.15, -0.1) is 0 Å². The molecule has 0 atom stereocenters. The van der Waals surface area contributed by atoms with E-state index in [2.05, 4.69) is 5.32 Å². The van der Waals surface area contributed by atoms with Crippen LogP contribution in [0.15, 0.2) is 42.5 Å². The number of hydrogen-bond acceptors (Lipinski definition) is 3. The average molecular weight is 284 g/mol. The first-order valence-electron chi connectivity index (χ1n) is 6.69. The minimum absolute atomic E-state index is 0.0779. The Balaban J connectivity index is 1.97. The zero-order valence-electron chi connectivity index (χ0n) is 11.9. The van der Waals surface area contributed by atoms with Crippen molar-refractivity contribution in [2.24, 2.45) is 0 Å². The number of halogens is 1. The monoisotopic (exact) mass is 284 g/mol. The quantitative estimate of drug-likeness (QED) is 0.886. The molecular weight excluding hydrogens is 267 g/mol. The minimum Gasteiger partial charge on any atom is -0.380 e. The molecule has 0 aliphatic rings. The summed E-state index contributed by atoms with van der Waals surface area (Å²) in [6.07, 6.45) is 0. The van der Waals surface area contributed by atoms with Crippen molar-refractivity contribution < 1.29 is 9.13 Å². The van der Waals surface area contributed by atoms with E-state index in [9.17, 15) is 4.39 Å². The zero-order chi connectivity index (χ0) is 15.1. The minimum atomic E-state index is -0.480. The second kappa shape index (κ2) is 7.53. The SMILES string of the molecule is COCc1ccccc1CNCc1ccc(F)c(C#N)c1. The van der Waals surface area contributed by atoms with E-state index in [1.54, 1.807) is 19.2 Å². The normalized spacial score (nSPS) is 10.3. The van der Waals surface area contributed by atoms with Gasteiger partial charge in [0.05, 0.1) is 12.2 Å².